The first-order valence-corrected chi connectivity index (χ1v) is 9.31. The highest BCUT2D eigenvalue weighted by molar-refractivity contribution is 7.99. The SMILES string of the molecule is Cc1ccc(OC[C@H](C)NC(=O)CSCc2ccccc2C)cc1. The number of carbonyl (C=O) groups is 1. The van der Waals surface area contributed by atoms with Crippen LogP contribution in [-0.2, 0) is 10.5 Å². The third-order valence-corrected chi connectivity index (χ3v) is 4.66. The molecule has 0 saturated carbocycles. The van der Waals surface area contributed by atoms with E-state index in [1.165, 1.54) is 16.7 Å². The van der Waals surface area contributed by atoms with Crippen molar-refractivity contribution in [1.29, 1.82) is 0 Å². The summed E-state index contributed by atoms with van der Waals surface area (Å²) < 4.78 is 5.69. The van der Waals surface area contributed by atoms with E-state index in [1.807, 2.05) is 50.2 Å². The van der Waals surface area contributed by atoms with Crippen LogP contribution in [0.4, 0.5) is 0 Å². The van der Waals surface area contributed by atoms with E-state index in [2.05, 4.69) is 24.4 Å². The molecular weight excluding hydrogens is 318 g/mol. The number of hydrogen-bond acceptors (Lipinski definition) is 3. The van der Waals surface area contributed by atoms with E-state index in [-0.39, 0.29) is 11.9 Å². The molecule has 2 aromatic carbocycles. The highest BCUT2D eigenvalue weighted by Crippen LogP contribution is 2.15. The largest absolute Gasteiger partial charge is 0.491 e. The number of thioether (sulfide) groups is 1. The number of benzene rings is 2. The second-order valence-corrected chi connectivity index (χ2v) is 7.00. The van der Waals surface area contributed by atoms with Crippen LogP contribution in [0.1, 0.15) is 23.6 Å². The number of nitrogens with one attached hydrogen (secondary N) is 1. The number of amides is 1. The Hall–Kier alpha value is -1.94. The molecule has 0 aliphatic rings. The van der Waals surface area contributed by atoms with Crippen molar-refractivity contribution in [3.05, 3.63) is 65.2 Å². The average molecular weight is 343 g/mol. The molecule has 0 aliphatic carbocycles. The predicted octanol–water partition coefficient (Wildman–Crippen LogP) is 4.12. The molecule has 128 valence electrons. The van der Waals surface area contributed by atoms with Crippen molar-refractivity contribution in [3.63, 3.8) is 0 Å². The molecule has 1 atom stereocenters. The maximum Gasteiger partial charge on any atom is 0.230 e. The van der Waals surface area contributed by atoms with E-state index >= 15 is 0 Å². The first kappa shape index (κ1) is 18.4. The summed E-state index contributed by atoms with van der Waals surface area (Å²) in [5, 5.41) is 2.98. The van der Waals surface area contributed by atoms with Crippen molar-refractivity contribution < 1.29 is 9.53 Å². The molecule has 0 saturated heterocycles. The van der Waals surface area contributed by atoms with Crippen LogP contribution < -0.4 is 10.1 Å². The van der Waals surface area contributed by atoms with Gasteiger partial charge in [0.1, 0.15) is 12.4 Å². The molecule has 2 rings (SSSR count). The maximum absolute atomic E-state index is 12.0. The minimum Gasteiger partial charge on any atom is -0.491 e. The van der Waals surface area contributed by atoms with Crippen molar-refractivity contribution in [2.45, 2.75) is 32.6 Å². The summed E-state index contributed by atoms with van der Waals surface area (Å²) in [6.07, 6.45) is 0. The van der Waals surface area contributed by atoms with Crippen molar-refractivity contribution in [3.8, 4) is 5.75 Å². The van der Waals surface area contributed by atoms with Crippen LogP contribution in [0.2, 0.25) is 0 Å². The Bertz CT molecular complexity index is 655. The van der Waals surface area contributed by atoms with Crippen molar-refractivity contribution in [2.24, 2.45) is 0 Å². The Balaban J connectivity index is 1.66. The second-order valence-electron chi connectivity index (χ2n) is 6.01. The summed E-state index contributed by atoms with van der Waals surface area (Å²) in [5.74, 6) is 2.20. The van der Waals surface area contributed by atoms with Gasteiger partial charge in [-0.15, -0.1) is 11.8 Å². The van der Waals surface area contributed by atoms with E-state index in [4.69, 9.17) is 4.74 Å². The lowest BCUT2D eigenvalue weighted by molar-refractivity contribution is -0.119. The molecule has 1 amide bonds. The van der Waals surface area contributed by atoms with Crippen LogP contribution in [0.25, 0.3) is 0 Å². The third-order valence-electron chi connectivity index (χ3n) is 3.68. The van der Waals surface area contributed by atoms with Crippen LogP contribution in [0.15, 0.2) is 48.5 Å². The van der Waals surface area contributed by atoms with Gasteiger partial charge in [0.05, 0.1) is 11.8 Å². The normalized spacial score (nSPS) is 11.8. The number of carbonyl (C=O) groups excluding carboxylic acids is 1. The number of hydrogen-bond donors (Lipinski definition) is 1. The van der Waals surface area contributed by atoms with Crippen LogP contribution >= 0.6 is 11.8 Å². The lowest BCUT2D eigenvalue weighted by Gasteiger charge is -2.15. The van der Waals surface area contributed by atoms with E-state index in [0.717, 1.165) is 11.5 Å². The molecule has 0 heterocycles. The minimum absolute atomic E-state index is 0.0159. The molecular formula is C20H25NO2S. The highest BCUT2D eigenvalue weighted by atomic mass is 32.2. The zero-order valence-electron chi connectivity index (χ0n) is 14.5. The van der Waals surface area contributed by atoms with Gasteiger partial charge < -0.3 is 10.1 Å². The van der Waals surface area contributed by atoms with Gasteiger partial charge in [-0.25, -0.2) is 0 Å². The summed E-state index contributed by atoms with van der Waals surface area (Å²) in [5.41, 5.74) is 3.76. The van der Waals surface area contributed by atoms with Gasteiger partial charge in [-0.1, -0.05) is 42.0 Å². The summed E-state index contributed by atoms with van der Waals surface area (Å²) in [6.45, 7) is 6.57. The summed E-state index contributed by atoms with van der Waals surface area (Å²) in [7, 11) is 0. The van der Waals surface area contributed by atoms with Crippen molar-refractivity contribution >= 4 is 17.7 Å². The van der Waals surface area contributed by atoms with Crippen molar-refractivity contribution in [2.75, 3.05) is 12.4 Å². The molecule has 4 heteroatoms. The average Bonchev–Trinajstić information content (AvgIpc) is 2.56. The first-order valence-electron chi connectivity index (χ1n) is 8.15. The van der Waals surface area contributed by atoms with Crippen LogP contribution in [0, 0.1) is 13.8 Å². The van der Waals surface area contributed by atoms with E-state index in [1.54, 1.807) is 11.8 Å². The minimum atomic E-state index is -0.0159. The Morgan fingerprint density at radius 1 is 1.12 bits per heavy atom. The zero-order chi connectivity index (χ0) is 17.4. The Labute approximate surface area is 148 Å². The van der Waals surface area contributed by atoms with Gasteiger partial charge in [0.2, 0.25) is 5.91 Å². The molecule has 2 aromatic rings. The molecule has 0 spiro atoms. The fourth-order valence-corrected chi connectivity index (χ4v) is 3.15. The van der Waals surface area contributed by atoms with Gasteiger partial charge in [0.15, 0.2) is 0 Å². The molecule has 0 radical (unpaired) electrons. The molecule has 0 fully saturated rings. The van der Waals surface area contributed by atoms with Crippen molar-refractivity contribution in [1.82, 2.24) is 5.32 Å². The summed E-state index contributed by atoms with van der Waals surface area (Å²) in [4.78, 5) is 12.0. The van der Waals surface area contributed by atoms with Gasteiger partial charge in [-0.3, -0.25) is 4.79 Å². The second kappa shape index (κ2) is 9.38. The topological polar surface area (TPSA) is 38.3 Å². The molecule has 24 heavy (non-hydrogen) atoms. The lowest BCUT2D eigenvalue weighted by atomic mass is 10.1. The van der Waals surface area contributed by atoms with E-state index in [9.17, 15) is 4.79 Å². The number of ether oxygens (including phenoxy) is 1. The predicted molar refractivity (Wildman–Crippen MR) is 102 cm³/mol. The number of aryl methyl sites for hydroxylation is 2. The van der Waals surface area contributed by atoms with E-state index < -0.39 is 0 Å². The Morgan fingerprint density at radius 2 is 1.83 bits per heavy atom. The third kappa shape index (κ3) is 6.28. The lowest BCUT2D eigenvalue weighted by Crippen LogP contribution is -2.37. The van der Waals surface area contributed by atoms with Crippen LogP contribution in [-0.4, -0.2) is 24.3 Å². The quantitative estimate of drug-likeness (QED) is 0.783. The smallest absolute Gasteiger partial charge is 0.230 e. The molecule has 0 bridgehead atoms. The molecule has 3 nitrogen and oxygen atoms in total. The first-order chi connectivity index (χ1) is 11.5. The fraction of sp³-hybridized carbons (Fsp3) is 0.350. The summed E-state index contributed by atoms with van der Waals surface area (Å²) in [6, 6.07) is 16.2. The fourth-order valence-electron chi connectivity index (χ4n) is 2.24. The van der Waals surface area contributed by atoms with Gasteiger partial charge in [0.25, 0.3) is 0 Å². The van der Waals surface area contributed by atoms with Gasteiger partial charge in [-0.05, 0) is 44.0 Å². The number of rotatable bonds is 8. The Morgan fingerprint density at radius 3 is 2.54 bits per heavy atom. The molecule has 1 N–H and O–H groups in total. The standard InChI is InChI=1S/C20H25NO2S/c1-15-8-10-19(11-9-15)23-12-17(3)21-20(22)14-24-13-18-7-5-4-6-16(18)2/h4-11,17H,12-14H2,1-3H3,(H,21,22)/t17-/m0/s1. The molecule has 0 unspecified atom stereocenters. The summed E-state index contributed by atoms with van der Waals surface area (Å²) >= 11 is 1.63. The Kier molecular flexibility index (Phi) is 7.19. The monoisotopic (exact) mass is 343 g/mol. The van der Waals surface area contributed by atoms with Crippen LogP contribution in [0.5, 0.6) is 5.75 Å². The maximum atomic E-state index is 12.0. The van der Waals surface area contributed by atoms with Gasteiger partial charge >= 0.3 is 0 Å². The molecule has 0 aromatic heterocycles. The highest BCUT2D eigenvalue weighted by Gasteiger charge is 2.09. The van der Waals surface area contributed by atoms with E-state index in [0.29, 0.717) is 12.4 Å². The molecule has 0 aliphatic heterocycles. The van der Waals surface area contributed by atoms with Crippen LogP contribution in [0.3, 0.4) is 0 Å². The van der Waals surface area contributed by atoms with Gasteiger partial charge in [-0.2, -0.15) is 0 Å². The zero-order valence-corrected chi connectivity index (χ0v) is 15.4. The van der Waals surface area contributed by atoms with Gasteiger partial charge in [0, 0.05) is 5.75 Å².